The minimum Gasteiger partial charge on any atom is -0.481 e. The molecule has 0 aromatic carbocycles. The maximum Gasteiger partial charge on any atom is 0.300 e. The van der Waals surface area contributed by atoms with E-state index in [9.17, 15) is 0 Å². The highest BCUT2D eigenvalue weighted by molar-refractivity contribution is 5.76. The third-order valence-electron chi connectivity index (χ3n) is 8.22. The molecule has 18 heteroatoms. The van der Waals surface area contributed by atoms with Gasteiger partial charge in [-0.05, 0) is 77.5 Å². The number of rotatable bonds is 36. The van der Waals surface area contributed by atoms with Crippen LogP contribution in [0.3, 0.4) is 0 Å². The number of aliphatic carboxylic acids is 2. The predicted molar refractivity (Wildman–Crippen MR) is 246 cm³/mol. The predicted octanol–water partition coefficient (Wildman–Crippen LogP) is 3.79. The maximum absolute atomic E-state index is 9.00. The number of hydrogen-bond donors (Lipinski definition) is 12. The number of hydrogen-bond acceptors (Lipinski definition) is 8. The quantitative estimate of drug-likeness (QED) is 0.0243. The molecule has 0 aliphatic heterocycles. The third kappa shape index (κ3) is 84.5. The van der Waals surface area contributed by atoms with E-state index in [0.717, 1.165) is 91.9 Å². The van der Waals surface area contributed by atoms with E-state index < -0.39 is 11.9 Å². The lowest BCUT2D eigenvalue weighted by Gasteiger charge is -2.05. The molecule has 0 heterocycles. The molecule has 0 spiro atoms. The van der Waals surface area contributed by atoms with Crippen molar-refractivity contribution < 1.29 is 19.8 Å². The minimum absolute atomic E-state index is 0.203. The van der Waals surface area contributed by atoms with E-state index in [1.54, 1.807) is 0 Å². The van der Waals surface area contributed by atoms with E-state index in [-0.39, 0.29) is 23.8 Å². The van der Waals surface area contributed by atoms with Crippen LogP contribution in [0.1, 0.15) is 168 Å². The van der Waals surface area contributed by atoms with Crippen LogP contribution in [0.2, 0.25) is 0 Å². The summed E-state index contributed by atoms with van der Waals surface area (Å²) >= 11 is 0. The number of unbranched alkanes of at least 4 members (excludes halogenated alkanes) is 20. The Balaban J connectivity index is -0.000000423. The first-order valence-electron chi connectivity index (χ1n) is 21.7. The van der Waals surface area contributed by atoms with Crippen LogP contribution in [0.15, 0.2) is 20.0 Å². The number of carboxylic acid groups (broad SMARTS) is 2. The third-order valence-corrected chi connectivity index (χ3v) is 8.22. The molecule has 0 unspecified atom stereocenters. The van der Waals surface area contributed by atoms with Gasteiger partial charge in [0.2, 0.25) is 0 Å². The number of carbonyl (C=O) groups is 2. The van der Waals surface area contributed by atoms with Crippen molar-refractivity contribution in [2.45, 2.75) is 168 Å². The van der Waals surface area contributed by atoms with Crippen molar-refractivity contribution in [1.29, 1.82) is 0 Å². The Morgan fingerprint density at radius 3 is 0.621 bits per heavy atom. The highest BCUT2D eigenvalue weighted by Gasteiger charge is 1.96. The first-order valence-corrected chi connectivity index (χ1v) is 21.7. The Labute approximate surface area is 351 Å². The highest BCUT2D eigenvalue weighted by atomic mass is 16.4. The molecule has 0 saturated carbocycles. The Morgan fingerprint density at radius 1 is 0.328 bits per heavy atom. The van der Waals surface area contributed by atoms with Gasteiger partial charge in [0, 0.05) is 40.0 Å². The van der Waals surface area contributed by atoms with Gasteiger partial charge in [0.25, 0.3) is 11.9 Å². The lowest BCUT2D eigenvalue weighted by Crippen LogP contribution is -2.22. The maximum atomic E-state index is 9.00. The molecule has 0 aliphatic rings. The van der Waals surface area contributed by atoms with Crippen molar-refractivity contribution in [3.05, 3.63) is 0 Å². The molecule has 0 aliphatic carbocycles. The monoisotopic (exact) mass is 831 g/mol. The van der Waals surface area contributed by atoms with Crippen molar-refractivity contribution in [3.63, 3.8) is 0 Å². The van der Waals surface area contributed by atoms with Gasteiger partial charge in [0.05, 0.1) is 0 Å². The summed E-state index contributed by atoms with van der Waals surface area (Å²) in [6.07, 6.45) is 29.9. The molecule has 58 heavy (non-hydrogen) atoms. The van der Waals surface area contributed by atoms with Gasteiger partial charge in [-0.25, -0.2) is 0 Å². The Hall–Kier alpha value is -4.06. The van der Waals surface area contributed by atoms with Crippen LogP contribution in [-0.2, 0) is 9.59 Å². The summed E-state index contributed by atoms with van der Waals surface area (Å²) < 4.78 is 0. The van der Waals surface area contributed by atoms with Gasteiger partial charge in [-0.1, -0.05) is 103 Å². The number of nitrogens with two attached hydrogens (primary N) is 8. The van der Waals surface area contributed by atoms with Crippen LogP contribution in [0.25, 0.3) is 0 Å². The number of guanidine groups is 4. The molecule has 0 bridgehead atoms. The summed E-state index contributed by atoms with van der Waals surface area (Å²) in [7, 11) is 0. The lowest BCUT2D eigenvalue weighted by atomic mass is 10.1. The average molecular weight is 831 g/mol. The first-order chi connectivity index (χ1) is 27.7. The van der Waals surface area contributed by atoms with Crippen molar-refractivity contribution >= 4 is 35.8 Å². The van der Waals surface area contributed by atoms with Crippen LogP contribution in [0.5, 0.6) is 0 Å². The summed E-state index contributed by atoms with van der Waals surface area (Å²) in [6.45, 7) is 9.80. The van der Waals surface area contributed by atoms with Gasteiger partial charge in [-0.15, -0.1) is 0 Å². The zero-order valence-electron chi connectivity index (χ0n) is 36.7. The van der Waals surface area contributed by atoms with E-state index in [2.05, 4.69) is 30.6 Å². The Kier molecular flexibility index (Phi) is 55.3. The van der Waals surface area contributed by atoms with Crippen molar-refractivity contribution in [2.75, 3.05) is 52.4 Å². The van der Waals surface area contributed by atoms with Crippen LogP contribution >= 0.6 is 0 Å². The lowest BCUT2D eigenvalue weighted by molar-refractivity contribution is -0.135. The van der Waals surface area contributed by atoms with Crippen LogP contribution in [-0.4, -0.2) is 98.3 Å². The van der Waals surface area contributed by atoms with E-state index >= 15 is 0 Å². The second-order valence-electron chi connectivity index (χ2n) is 14.2. The summed E-state index contributed by atoms with van der Waals surface area (Å²) in [5, 5.41) is 21.9. The molecule has 0 saturated heterocycles. The van der Waals surface area contributed by atoms with E-state index in [1.807, 2.05) is 0 Å². The van der Waals surface area contributed by atoms with Gasteiger partial charge in [0.15, 0.2) is 23.8 Å². The fourth-order valence-corrected chi connectivity index (χ4v) is 5.36. The zero-order chi connectivity index (χ0) is 44.3. The standard InChI is InChI=1S/2C18H41N7.2C2H4O2/c2*19-17(20)24-15-11-7-3-1-5-9-13-23-14-10-6-2-4-8-12-16-25-18(21)22;2*1-2(3)4/h2*23H,1-16H2,(H4,19,20,24)(H4,21,22,25);2*1H3,(H,3,4). The first kappa shape index (κ1) is 60.6. The molecule has 20 N–H and O–H groups in total. The van der Waals surface area contributed by atoms with Gasteiger partial charge in [0.1, 0.15) is 0 Å². The Bertz CT molecular complexity index is 848. The number of aliphatic imine (C=N–C) groups is 4. The summed E-state index contributed by atoms with van der Waals surface area (Å²) in [6, 6.07) is 0. The number of carboxylic acids is 2. The average Bonchev–Trinajstić information content (AvgIpc) is 3.13. The van der Waals surface area contributed by atoms with Crippen molar-refractivity contribution in [3.8, 4) is 0 Å². The van der Waals surface area contributed by atoms with Gasteiger partial charge in [-0.3, -0.25) is 29.6 Å². The summed E-state index contributed by atoms with van der Waals surface area (Å²) in [5.74, 6) is -0.856. The fraction of sp³-hybridized carbons (Fsp3) is 0.850. The molecule has 0 aromatic rings. The second-order valence-corrected chi connectivity index (χ2v) is 14.2. The van der Waals surface area contributed by atoms with Crippen LogP contribution in [0.4, 0.5) is 0 Å². The second kappa shape index (κ2) is 52.9. The van der Waals surface area contributed by atoms with Crippen molar-refractivity contribution in [2.24, 2.45) is 65.8 Å². The molecule has 0 amide bonds. The van der Waals surface area contributed by atoms with Gasteiger partial charge in [-0.2, -0.15) is 0 Å². The van der Waals surface area contributed by atoms with Gasteiger partial charge >= 0.3 is 0 Å². The Morgan fingerprint density at radius 2 is 0.466 bits per heavy atom. The molecular weight excluding hydrogens is 741 g/mol. The van der Waals surface area contributed by atoms with Crippen LogP contribution in [0, 0.1) is 0 Å². The highest BCUT2D eigenvalue weighted by Crippen LogP contribution is 2.08. The number of nitrogens with zero attached hydrogens (tertiary/aromatic N) is 4. The molecule has 0 fully saturated rings. The van der Waals surface area contributed by atoms with E-state index in [0.29, 0.717) is 0 Å². The summed E-state index contributed by atoms with van der Waals surface area (Å²) in [5.41, 5.74) is 42.3. The largest absolute Gasteiger partial charge is 0.481 e. The normalized spacial score (nSPS) is 9.97. The molecule has 0 aromatic heterocycles. The topological polar surface area (TPSA) is 356 Å². The molecule has 0 radical (unpaired) electrons. The molecule has 18 nitrogen and oxygen atoms in total. The number of nitrogens with one attached hydrogen (secondary N) is 2. The minimum atomic E-state index is -0.833. The smallest absolute Gasteiger partial charge is 0.300 e. The van der Waals surface area contributed by atoms with E-state index in [4.69, 9.17) is 65.7 Å². The van der Waals surface area contributed by atoms with Crippen molar-refractivity contribution in [1.82, 2.24) is 10.6 Å². The molecule has 344 valence electrons. The molecular formula is C40H90N14O4. The summed E-state index contributed by atoms with van der Waals surface area (Å²) in [4.78, 5) is 33.9. The molecule has 0 rings (SSSR count). The zero-order valence-corrected chi connectivity index (χ0v) is 36.7. The van der Waals surface area contributed by atoms with Crippen LogP contribution < -0.4 is 56.5 Å². The molecule has 0 atom stereocenters. The van der Waals surface area contributed by atoms with E-state index in [1.165, 1.54) is 128 Å². The fourth-order valence-electron chi connectivity index (χ4n) is 5.36. The van der Waals surface area contributed by atoms with Gasteiger partial charge < -0.3 is 66.7 Å². The SMILES string of the molecule is CC(=O)O.CC(=O)O.NC(N)=NCCCCCCCCNCCCCCCCCN=C(N)N.NC(N)=NCCCCCCCCNCCCCCCCCN=C(N)N.